The number of hydrogen-bond acceptors (Lipinski definition) is 8. The van der Waals surface area contributed by atoms with Crippen LogP contribution in [-0.4, -0.2) is 73.3 Å². The molecule has 3 rings (SSSR count). The molecular weight excluding hydrogens is 580 g/mol. The Kier molecular flexibility index (Phi) is 13.6. The quantitative estimate of drug-likeness (QED) is 0.228. The molecule has 1 unspecified atom stereocenters. The normalized spacial score (nSPS) is 19.8. The summed E-state index contributed by atoms with van der Waals surface area (Å²) in [6.45, 7) is 7.69. The molecule has 4 amide bonds. The van der Waals surface area contributed by atoms with Gasteiger partial charge in [-0.05, 0) is 58.4 Å². The second-order valence-electron chi connectivity index (χ2n) is 13.0. The smallest absolute Gasteiger partial charge is 0.408 e. The van der Waals surface area contributed by atoms with Crippen molar-refractivity contribution in [2.24, 2.45) is 11.8 Å². The van der Waals surface area contributed by atoms with Crippen molar-refractivity contribution in [3.63, 3.8) is 0 Å². The van der Waals surface area contributed by atoms with Crippen LogP contribution in [0.1, 0.15) is 84.6 Å². The van der Waals surface area contributed by atoms with Crippen LogP contribution in [0.15, 0.2) is 30.3 Å². The monoisotopic (exact) mass is 630 g/mol. The lowest BCUT2D eigenvalue weighted by Gasteiger charge is -2.32. The molecule has 4 N–H and O–H groups in total. The van der Waals surface area contributed by atoms with Crippen molar-refractivity contribution >= 4 is 29.8 Å². The van der Waals surface area contributed by atoms with E-state index in [-0.39, 0.29) is 24.9 Å². The molecule has 2 aliphatic rings. The van der Waals surface area contributed by atoms with Gasteiger partial charge in [-0.25, -0.2) is 9.59 Å². The predicted molar refractivity (Wildman–Crippen MR) is 167 cm³/mol. The molecule has 250 valence electrons. The van der Waals surface area contributed by atoms with Crippen molar-refractivity contribution < 1.29 is 38.2 Å². The van der Waals surface area contributed by atoms with Gasteiger partial charge in [0.15, 0.2) is 0 Å². The average Bonchev–Trinajstić information content (AvgIpc) is 3.41. The van der Waals surface area contributed by atoms with Gasteiger partial charge in [0.05, 0.1) is 18.8 Å². The summed E-state index contributed by atoms with van der Waals surface area (Å²) >= 11 is 0. The standard InChI is InChI=1S/C33H50N4O8/c1-21(45-33(2,3)4)27(37-32(42)44-20-23-14-10-7-11-15-23)30(40)35-25(18-22-12-8-6-9-13-22)29(39)36-26(31(41)43-5)19-24-16-17-34-28(24)38/h7,10-11,14-15,21-22,24-27H,6,8-9,12-13,16-20H2,1-5H3,(H,34,38)(H,35,40)(H,36,39)(H,37,42)/t21?,24-,25-,26-,27-/m0/s1. The third kappa shape index (κ3) is 12.0. The molecule has 0 radical (unpaired) electrons. The maximum absolute atomic E-state index is 13.8. The maximum atomic E-state index is 13.8. The van der Waals surface area contributed by atoms with Gasteiger partial charge < -0.3 is 35.5 Å². The fourth-order valence-corrected chi connectivity index (χ4v) is 5.95. The highest BCUT2D eigenvalue weighted by atomic mass is 16.6. The minimum Gasteiger partial charge on any atom is -0.467 e. The van der Waals surface area contributed by atoms with Crippen LogP contribution < -0.4 is 21.3 Å². The molecule has 45 heavy (non-hydrogen) atoms. The largest absolute Gasteiger partial charge is 0.467 e. The summed E-state index contributed by atoms with van der Waals surface area (Å²) in [6, 6.07) is 5.90. The Morgan fingerprint density at radius 1 is 0.911 bits per heavy atom. The van der Waals surface area contributed by atoms with Gasteiger partial charge in [0.2, 0.25) is 17.7 Å². The Morgan fingerprint density at radius 2 is 1.58 bits per heavy atom. The minimum absolute atomic E-state index is 0.0101. The molecule has 12 heteroatoms. The zero-order chi connectivity index (χ0) is 33.0. The SMILES string of the molecule is COC(=O)[C@H](C[C@@H]1CCNC1=O)NC(=O)[C@H](CC1CCCCC1)NC(=O)[C@@H](NC(=O)OCc1ccccc1)C(C)OC(C)(C)C. The van der Waals surface area contributed by atoms with Gasteiger partial charge in [-0.3, -0.25) is 14.4 Å². The van der Waals surface area contributed by atoms with Crippen LogP contribution in [-0.2, 0) is 40.0 Å². The first-order valence-corrected chi connectivity index (χ1v) is 16.0. The third-order valence-electron chi connectivity index (χ3n) is 8.19. The van der Waals surface area contributed by atoms with Crippen LogP contribution >= 0.6 is 0 Å². The first-order chi connectivity index (χ1) is 21.4. The molecule has 1 aliphatic carbocycles. The number of nitrogens with one attached hydrogen (secondary N) is 4. The second kappa shape index (κ2) is 17.1. The van der Waals surface area contributed by atoms with E-state index < -0.39 is 59.6 Å². The Morgan fingerprint density at radius 3 is 2.18 bits per heavy atom. The highest BCUT2D eigenvalue weighted by Gasteiger charge is 2.37. The number of hydrogen-bond donors (Lipinski definition) is 4. The summed E-state index contributed by atoms with van der Waals surface area (Å²) in [5, 5.41) is 11.0. The van der Waals surface area contributed by atoms with Gasteiger partial charge in [0.1, 0.15) is 24.7 Å². The molecular formula is C33H50N4O8. The van der Waals surface area contributed by atoms with Crippen molar-refractivity contribution in [1.82, 2.24) is 21.3 Å². The van der Waals surface area contributed by atoms with Crippen LogP contribution in [0.2, 0.25) is 0 Å². The lowest BCUT2D eigenvalue weighted by molar-refractivity contribution is -0.146. The van der Waals surface area contributed by atoms with Gasteiger partial charge in [-0.1, -0.05) is 62.4 Å². The molecule has 12 nitrogen and oxygen atoms in total. The van der Waals surface area contributed by atoms with Gasteiger partial charge in [0, 0.05) is 12.5 Å². The number of alkyl carbamates (subject to hydrolysis) is 1. The van der Waals surface area contributed by atoms with E-state index in [0.29, 0.717) is 19.4 Å². The highest BCUT2D eigenvalue weighted by Crippen LogP contribution is 2.28. The first-order valence-electron chi connectivity index (χ1n) is 16.0. The Labute approximate surface area is 266 Å². The minimum atomic E-state index is -1.19. The van der Waals surface area contributed by atoms with Crippen molar-refractivity contribution in [2.75, 3.05) is 13.7 Å². The van der Waals surface area contributed by atoms with Crippen LogP contribution in [0.4, 0.5) is 4.79 Å². The van der Waals surface area contributed by atoms with E-state index in [9.17, 15) is 24.0 Å². The lowest BCUT2D eigenvalue weighted by atomic mass is 9.84. The second-order valence-corrected chi connectivity index (χ2v) is 13.0. The number of rotatable bonds is 14. The first kappa shape index (κ1) is 35.8. The van der Waals surface area contributed by atoms with Gasteiger partial charge in [-0.2, -0.15) is 0 Å². The number of methoxy groups -OCH3 is 1. The molecule has 5 atom stereocenters. The number of amides is 4. The van der Waals surface area contributed by atoms with Crippen molar-refractivity contribution in [3.05, 3.63) is 35.9 Å². The van der Waals surface area contributed by atoms with E-state index in [4.69, 9.17) is 14.2 Å². The molecule has 1 saturated carbocycles. The maximum Gasteiger partial charge on any atom is 0.408 e. The van der Waals surface area contributed by atoms with Gasteiger partial charge >= 0.3 is 12.1 Å². The molecule has 1 heterocycles. The van der Waals surface area contributed by atoms with Crippen LogP contribution in [0, 0.1) is 11.8 Å². The van der Waals surface area contributed by atoms with Crippen LogP contribution in [0.3, 0.4) is 0 Å². The molecule has 1 aromatic rings. The Balaban J connectivity index is 1.78. The van der Waals surface area contributed by atoms with E-state index in [1.165, 1.54) is 7.11 Å². The number of benzene rings is 1. The van der Waals surface area contributed by atoms with E-state index in [1.54, 1.807) is 6.92 Å². The van der Waals surface area contributed by atoms with Crippen molar-refractivity contribution in [2.45, 2.75) is 115 Å². The summed E-state index contributed by atoms with van der Waals surface area (Å²) < 4.78 is 16.4. The number of carbonyl (C=O) groups excluding carboxylic acids is 5. The fraction of sp³-hybridized carbons (Fsp3) is 0.667. The zero-order valence-electron chi connectivity index (χ0n) is 27.2. The molecule has 0 bridgehead atoms. The molecule has 2 fully saturated rings. The summed E-state index contributed by atoms with van der Waals surface area (Å²) in [5.41, 5.74) is 0.152. The molecule has 0 aromatic heterocycles. The number of carbonyl (C=O) groups is 5. The third-order valence-corrected chi connectivity index (χ3v) is 8.19. The summed E-state index contributed by atoms with van der Waals surface area (Å²) in [4.78, 5) is 65.3. The highest BCUT2D eigenvalue weighted by molar-refractivity contribution is 5.93. The number of esters is 1. The van der Waals surface area contributed by atoms with Gasteiger partial charge in [-0.15, -0.1) is 0 Å². The van der Waals surface area contributed by atoms with E-state index in [0.717, 1.165) is 37.7 Å². The molecule has 1 saturated heterocycles. The summed E-state index contributed by atoms with van der Waals surface area (Å²) in [5.74, 6) is -2.27. The summed E-state index contributed by atoms with van der Waals surface area (Å²) in [7, 11) is 1.22. The topological polar surface area (TPSA) is 161 Å². The fourth-order valence-electron chi connectivity index (χ4n) is 5.95. The van der Waals surface area contributed by atoms with E-state index in [1.807, 2.05) is 51.1 Å². The van der Waals surface area contributed by atoms with Crippen LogP contribution in [0.25, 0.3) is 0 Å². The molecule has 1 aromatic carbocycles. The van der Waals surface area contributed by atoms with Gasteiger partial charge in [0.25, 0.3) is 0 Å². The molecule has 0 spiro atoms. The predicted octanol–water partition coefficient (Wildman–Crippen LogP) is 3.12. The van der Waals surface area contributed by atoms with Crippen molar-refractivity contribution in [1.29, 1.82) is 0 Å². The zero-order valence-corrected chi connectivity index (χ0v) is 27.2. The van der Waals surface area contributed by atoms with Crippen LogP contribution in [0.5, 0.6) is 0 Å². The number of ether oxygens (including phenoxy) is 3. The van der Waals surface area contributed by atoms with E-state index >= 15 is 0 Å². The van der Waals surface area contributed by atoms with E-state index in [2.05, 4.69) is 21.3 Å². The molecule has 1 aliphatic heterocycles. The average molecular weight is 631 g/mol. The lowest BCUT2D eigenvalue weighted by Crippen LogP contribution is -2.59. The summed E-state index contributed by atoms with van der Waals surface area (Å²) in [6.07, 6.45) is 4.41. The Bertz CT molecular complexity index is 1150. The van der Waals surface area contributed by atoms with Crippen molar-refractivity contribution in [3.8, 4) is 0 Å². The Hall–Kier alpha value is -3.67.